The van der Waals surface area contributed by atoms with E-state index in [1.165, 1.54) is 18.3 Å². The lowest BCUT2D eigenvalue weighted by Gasteiger charge is -2.11. The van der Waals surface area contributed by atoms with E-state index in [4.69, 9.17) is 21.7 Å². The summed E-state index contributed by atoms with van der Waals surface area (Å²) in [5, 5.41) is 17.8. The summed E-state index contributed by atoms with van der Waals surface area (Å²) in [6, 6.07) is 11.3. The molecular formula is C16H16N4O4S. The molecule has 0 bridgehead atoms. The summed E-state index contributed by atoms with van der Waals surface area (Å²) in [6.07, 6.45) is 1.51. The highest BCUT2D eigenvalue weighted by atomic mass is 32.1. The van der Waals surface area contributed by atoms with Crippen molar-refractivity contribution >= 4 is 34.9 Å². The molecule has 0 atom stereocenters. The Morgan fingerprint density at radius 1 is 1.16 bits per heavy atom. The first kappa shape index (κ1) is 18.1. The largest absolute Gasteiger partial charge is 0.493 e. The van der Waals surface area contributed by atoms with Gasteiger partial charge in [-0.2, -0.15) is 5.10 Å². The van der Waals surface area contributed by atoms with Gasteiger partial charge in [0, 0.05) is 23.9 Å². The minimum absolute atomic E-state index is 0.0238. The van der Waals surface area contributed by atoms with Crippen LogP contribution in [0.5, 0.6) is 11.5 Å². The number of hydrogen-bond donors (Lipinski definition) is 2. The van der Waals surface area contributed by atoms with Crippen molar-refractivity contribution in [1.29, 1.82) is 0 Å². The molecule has 2 aromatic carbocycles. The highest BCUT2D eigenvalue weighted by Crippen LogP contribution is 2.29. The van der Waals surface area contributed by atoms with Crippen molar-refractivity contribution in [3.05, 3.63) is 58.1 Å². The average Bonchev–Trinajstić information content (AvgIpc) is 2.62. The summed E-state index contributed by atoms with van der Waals surface area (Å²) in [4.78, 5) is 10.1. The van der Waals surface area contributed by atoms with Gasteiger partial charge in [-0.25, -0.2) is 0 Å². The molecule has 2 N–H and O–H groups in total. The third-order valence-corrected chi connectivity index (χ3v) is 3.32. The van der Waals surface area contributed by atoms with Gasteiger partial charge in [0.15, 0.2) is 16.6 Å². The van der Waals surface area contributed by atoms with Gasteiger partial charge in [-0.1, -0.05) is 0 Å². The van der Waals surface area contributed by atoms with E-state index < -0.39 is 4.92 Å². The Balaban J connectivity index is 1.93. The van der Waals surface area contributed by atoms with Crippen LogP contribution >= 0.6 is 12.2 Å². The number of hydrazone groups is 1. The Kier molecular flexibility index (Phi) is 6.24. The van der Waals surface area contributed by atoms with Crippen LogP contribution in [0.2, 0.25) is 0 Å². The predicted molar refractivity (Wildman–Crippen MR) is 99.6 cm³/mol. The van der Waals surface area contributed by atoms with Crippen molar-refractivity contribution in [1.82, 2.24) is 5.43 Å². The molecule has 2 aromatic rings. The van der Waals surface area contributed by atoms with Gasteiger partial charge >= 0.3 is 0 Å². The van der Waals surface area contributed by atoms with E-state index in [-0.39, 0.29) is 10.8 Å². The fraction of sp³-hybridized carbons (Fsp3) is 0.125. The number of anilines is 1. The molecule has 0 fully saturated rings. The molecule has 0 spiro atoms. The Bertz CT molecular complexity index is 793. The van der Waals surface area contributed by atoms with E-state index in [0.29, 0.717) is 22.7 Å². The first-order chi connectivity index (χ1) is 12.0. The fourth-order valence-corrected chi connectivity index (χ4v) is 2.09. The molecule has 8 nitrogen and oxygen atoms in total. The lowest BCUT2D eigenvalue weighted by atomic mass is 10.2. The van der Waals surface area contributed by atoms with Crippen LogP contribution in [-0.4, -0.2) is 30.5 Å². The zero-order valence-corrected chi connectivity index (χ0v) is 14.4. The molecule has 2 rings (SSSR count). The monoisotopic (exact) mass is 360 g/mol. The normalized spacial score (nSPS) is 10.3. The van der Waals surface area contributed by atoms with Crippen molar-refractivity contribution in [2.45, 2.75) is 0 Å². The van der Waals surface area contributed by atoms with Crippen LogP contribution in [0.3, 0.4) is 0 Å². The van der Waals surface area contributed by atoms with Crippen LogP contribution in [0.4, 0.5) is 11.4 Å². The van der Waals surface area contributed by atoms with Gasteiger partial charge < -0.3 is 14.8 Å². The van der Waals surface area contributed by atoms with E-state index in [9.17, 15) is 10.1 Å². The molecule has 0 aliphatic carbocycles. The molecule has 0 aliphatic rings. The third kappa shape index (κ3) is 5.15. The summed E-state index contributed by atoms with van der Waals surface area (Å²) in [6.45, 7) is 0. The smallest absolute Gasteiger partial charge is 0.269 e. The van der Waals surface area contributed by atoms with E-state index in [2.05, 4.69) is 15.8 Å². The van der Waals surface area contributed by atoms with Crippen LogP contribution in [0, 0.1) is 10.1 Å². The minimum Gasteiger partial charge on any atom is -0.493 e. The Labute approximate surface area is 149 Å². The maximum absolute atomic E-state index is 10.6. The van der Waals surface area contributed by atoms with Crippen LogP contribution in [0.15, 0.2) is 47.6 Å². The summed E-state index contributed by atoms with van der Waals surface area (Å²) < 4.78 is 10.4. The second-order valence-corrected chi connectivity index (χ2v) is 5.15. The molecule has 0 saturated heterocycles. The number of nitro benzene ring substituents is 1. The predicted octanol–water partition coefficient (Wildman–Crippen LogP) is 2.93. The molecule has 0 aromatic heterocycles. The Morgan fingerprint density at radius 3 is 2.44 bits per heavy atom. The zero-order valence-electron chi connectivity index (χ0n) is 13.6. The average molecular weight is 360 g/mol. The Hall–Kier alpha value is -3.20. The molecule has 0 saturated carbocycles. The number of nitrogens with zero attached hydrogens (tertiary/aromatic N) is 2. The number of non-ortho nitro benzene ring substituents is 1. The van der Waals surface area contributed by atoms with Gasteiger partial charge in [0.2, 0.25) is 0 Å². The second kappa shape index (κ2) is 8.60. The molecule has 0 heterocycles. The first-order valence-electron chi connectivity index (χ1n) is 7.10. The summed E-state index contributed by atoms with van der Waals surface area (Å²) >= 11 is 5.15. The molecule has 0 unspecified atom stereocenters. The number of ether oxygens (including phenoxy) is 2. The summed E-state index contributed by atoms with van der Waals surface area (Å²) in [7, 11) is 3.11. The lowest BCUT2D eigenvalue weighted by molar-refractivity contribution is -0.384. The quantitative estimate of drug-likeness (QED) is 0.354. The van der Waals surface area contributed by atoms with Crippen molar-refractivity contribution in [2.24, 2.45) is 5.10 Å². The minimum atomic E-state index is -0.457. The van der Waals surface area contributed by atoms with E-state index >= 15 is 0 Å². The number of nitro groups is 1. The number of rotatable bonds is 6. The number of thiocarbonyl (C=S) groups is 1. The number of methoxy groups -OCH3 is 2. The van der Waals surface area contributed by atoms with Gasteiger partial charge in [-0.15, -0.1) is 0 Å². The van der Waals surface area contributed by atoms with Crippen LogP contribution < -0.4 is 20.2 Å². The Morgan fingerprint density at radius 2 is 1.84 bits per heavy atom. The zero-order chi connectivity index (χ0) is 18.2. The van der Waals surface area contributed by atoms with E-state index in [1.54, 1.807) is 44.6 Å². The lowest BCUT2D eigenvalue weighted by Crippen LogP contribution is -2.23. The summed E-state index contributed by atoms with van der Waals surface area (Å²) in [5.74, 6) is 1.19. The molecule has 9 heteroatoms. The van der Waals surface area contributed by atoms with Crippen molar-refractivity contribution in [3.63, 3.8) is 0 Å². The molecule has 0 radical (unpaired) electrons. The van der Waals surface area contributed by atoms with Crippen molar-refractivity contribution in [2.75, 3.05) is 19.5 Å². The maximum atomic E-state index is 10.6. The van der Waals surface area contributed by atoms with Gasteiger partial charge in [0.25, 0.3) is 5.69 Å². The fourth-order valence-electron chi connectivity index (χ4n) is 1.92. The number of nitrogens with one attached hydrogen (secondary N) is 2. The van der Waals surface area contributed by atoms with Gasteiger partial charge in [-0.05, 0) is 42.0 Å². The SMILES string of the molecule is COc1ccc(NC(=S)NN=Cc2ccc([N+](=O)[O-])cc2)cc1OC. The molecule has 0 amide bonds. The highest BCUT2D eigenvalue weighted by Gasteiger charge is 2.05. The van der Waals surface area contributed by atoms with E-state index in [0.717, 1.165) is 0 Å². The highest BCUT2D eigenvalue weighted by molar-refractivity contribution is 7.80. The van der Waals surface area contributed by atoms with Crippen LogP contribution in [-0.2, 0) is 0 Å². The molecule has 130 valence electrons. The molecule has 25 heavy (non-hydrogen) atoms. The molecular weight excluding hydrogens is 344 g/mol. The third-order valence-electron chi connectivity index (χ3n) is 3.13. The van der Waals surface area contributed by atoms with E-state index in [1.807, 2.05) is 0 Å². The second-order valence-electron chi connectivity index (χ2n) is 4.74. The number of benzene rings is 2. The summed E-state index contributed by atoms with van der Waals surface area (Å²) in [5.41, 5.74) is 4.10. The van der Waals surface area contributed by atoms with Crippen molar-refractivity contribution in [3.8, 4) is 11.5 Å². The maximum Gasteiger partial charge on any atom is 0.269 e. The van der Waals surface area contributed by atoms with Gasteiger partial charge in [0.05, 0.1) is 25.4 Å². The topological polar surface area (TPSA) is 98.0 Å². The number of hydrogen-bond acceptors (Lipinski definition) is 6. The van der Waals surface area contributed by atoms with Crippen LogP contribution in [0.1, 0.15) is 5.56 Å². The van der Waals surface area contributed by atoms with Crippen LogP contribution in [0.25, 0.3) is 0 Å². The van der Waals surface area contributed by atoms with Crippen molar-refractivity contribution < 1.29 is 14.4 Å². The molecule has 0 aliphatic heterocycles. The van der Waals surface area contributed by atoms with Gasteiger partial charge in [-0.3, -0.25) is 15.5 Å². The van der Waals surface area contributed by atoms with Gasteiger partial charge in [0.1, 0.15) is 0 Å². The standard InChI is InChI=1S/C16H16N4O4S/c1-23-14-8-5-12(9-15(14)24-2)18-16(25)19-17-10-11-3-6-13(7-4-11)20(21)22/h3-10H,1-2H3,(H2,18,19,25). The first-order valence-corrected chi connectivity index (χ1v) is 7.51.